The normalized spacial score (nSPS) is 10.7. The zero-order chi connectivity index (χ0) is 15.7. The fourth-order valence-corrected chi connectivity index (χ4v) is 2.41. The smallest absolute Gasteiger partial charge is 0.235 e. The van der Waals surface area contributed by atoms with Crippen LogP contribution in [-0.4, -0.2) is 21.2 Å². The van der Waals surface area contributed by atoms with Crippen molar-refractivity contribution in [3.63, 3.8) is 0 Å². The van der Waals surface area contributed by atoms with Gasteiger partial charge in [0.25, 0.3) is 0 Å². The topological polar surface area (TPSA) is 42.7 Å². The molecule has 0 saturated heterocycles. The minimum Gasteiger partial charge on any atom is -0.490 e. The molecule has 0 spiro atoms. The molecule has 3 rings (SSSR count). The summed E-state index contributed by atoms with van der Waals surface area (Å²) in [6.45, 7) is 0. The Morgan fingerprint density at radius 3 is 2.41 bits per heavy atom. The summed E-state index contributed by atoms with van der Waals surface area (Å²) < 4.78 is 11.3. The van der Waals surface area contributed by atoms with E-state index < -0.39 is 0 Å². The SMILES string of the molecule is COc1c(-c2ccccc2)oc2ccc(N(C)C)cc2c1=O. The van der Waals surface area contributed by atoms with Crippen molar-refractivity contribution in [3.8, 4) is 17.1 Å². The Bertz CT molecular complexity index is 867. The number of rotatable bonds is 3. The standard InChI is InChI=1S/C18H17NO3/c1-19(2)13-9-10-15-14(11-13)16(20)18(21-3)17(22-15)12-7-5-4-6-8-12/h4-11H,1-3H3. The molecule has 0 N–H and O–H groups in total. The van der Waals surface area contributed by atoms with Crippen LogP contribution in [0.15, 0.2) is 57.7 Å². The van der Waals surface area contributed by atoms with Crippen LogP contribution in [0.25, 0.3) is 22.3 Å². The fourth-order valence-electron chi connectivity index (χ4n) is 2.41. The Morgan fingerprint density at radius 1 is 1.05 bits per heavy atom. The molecule has 112 valence electrons. The van der Waals surface area contributed by atoms with Gasteiger partial charge in [-0.1, -0.05) is 30.3 Å². The van der Waals surface area contributed by atoms with Crippen molar-refractivity contribution < 1.29 is 9.15 Å². The molecule has 4 nitrogen and oxygen atoms in total. The second kappa shape index (κ2) is 5.56. The summed E-state index contributed by atoms with van der Waals surface area (Å²) in [5.74, 6) is 0.688. The molecule has 0 aliphatic rings. The predicted octanol–water partition coefficient (Wildman–Crippen LogP) is 3.53. The average Bonchev–Trinajstić information content (AvgIpc) is 2.55. The van der Waals surface area contributed by atoms with Crippen LogP contribution >= 0.6 is 0 Å². The van der Waals surface area contributed by atoms with Gasteiger partial charge in [-0.3, -0.25) is 4.79 Å². The second-order valence-corrected chi connectivity index (χ2v) is 5.23. The van der Waals surface area contributed by atoms with Gasteiger partial charge in [0.15, 0.2) is 5.76 Å². The Kier molecular flexibility index (Phi) is 3.59. The summed E-state index contributed by atoms with van der Waals surface area (Å²) in [6, 6.07) is 15.0. The highest BCUT2D eigenvalue weighted by Crippen LogP contribution is 2.31. The average molecular weight is 295 g/mol. The number of hydrogen-bond acceptors (Lipinski definition) is 4. The third-order valence-corrected chi connectivity index (χ3v) is 3.59. The van der Waals surface area contributed by atoms with Crippen LogP contribution in [0.3, 0.4) is 0 Å². The molecule has 0 bridgehead atoms. The van der Waals surface area contributed by atoms with Crippen molar-refractivity contribution in [2.45, 2.75) is 0 Å². The van der Waals surface area contributed by atoms with Gasteiger partial charge in [-0.2, -0.15) is 0 Å². The first-order valence-electron chi connectivity index (χ1n) is 6.99. The van der Waals surface area contributed by atoms with E-state index in [2.05, 4.69) is 0 Å². The van der Waals surface area contributed by atoms with E-state index in [9.17, 15) is 4.79 Å². The van der Waals surface area contributed by atoms with E-state index in [0.29, 0.717) is 16.7 Å². The van der Waals surface area contributed by atoms with Gasteiger partial charge in [0.1, 0.15) is 5.58 Å². The number of fused-ring (bicyclic) bond motifs is 1. The molecule has 1 heterocycles. The number of ether oxygens (including phenoxy) is 1. The maximum atomic E-state index is 12.7. The van der Waals surface area contributed by atoms with Crippen molar-refractivity contribution in [2.75, 3.05) is 26.1 Å². The minimum atomic E-state index is -0.161. The molecule has 4 heteroatoms. The molecule has 0 atom stereocenters. The fraction of sp³-hybridized carbons (Fsp3) is 0.167. The molecule has 0 radical (unpaired) electrons. The second-order valence-electron chi connectivity index (χ2n) is 5.23. The van der Waals surface area contributed by atoms with Crippen molar-refractivity contribution in [3.05, 3.63) is 58.8 Å². The van der Waals surface area contributed by atoms with E-state index in [0.717, 1.165) is 11.3 Å². The molecule has 0 saturated carbocycles. The van der Waals surface area contributed by atoms with Crippen LogP contribution < -0.4 is 15.1 Å². The summed E-state index contributed by atoms with van der Waals surface area (Å²) in [7, 11) is 5.34. The molecular formula is C18H17NO3. The van der Waals surface area contributed by atoms with Crippen LogP contribution in [0, 0.1) is 0 Å². The zero-order valence-electron chi connectivity index (χ0n) is 12.8. The van der Waals surface area contributed by atoms with Crippen LogP contribution in [0.5, 0.6) is 5.75 Å². The maximum absolute atomic E-state index is 12.7. The molecule has 0 aliphatic heterocycles. The Hall–Kier alpha value is -2.75. The molecule has 0 amide bonds. The lowest BCUT2D eigenvalue weighted by molar-refractivity contribution is 0.399. The third kappa shape index (κ3) is 2.33. The first-order valence-corrected chi connectivity index (χ1v) is 6.99. The Balaban J connectivity index is 2.32. The van der Waals surface area contributed by atoms with E-state index in [1.165, 1.54) is 7.11 Å². The van der Waals surface area contributed by atoms with Crippen molar-refractivity contribution in [1.82, 2.24) is 0 Å². The minimum absolute atomic E-state index is 0.161. The van der Waals surface area contributed by atoms with Crippen LogP contribution in [0.1, 0.15) is 0 Å². The molecule has 0 aliphatic carbocycles. The first kappa shape index (κ1) is 14.2. The van der Waals surface area contributed by atoms with Gasteiger partial charge in [-0.25, -0.2) is 0 Å². The third-order valence-electron chi connectivity index (χ3n) is 3.59. The molecular weight excluding hydrogens is 278 g/mol. The van der Waals surface area contributed by atoms with E-state index in [-0.39, 0.29) is 11.2 Å². The van der Waals surface area contributed by atoms with E-state index >= 15 is 0 Å². The number of nitrogens with zero attached hydrogens (tertiary/aromatic N) is 1. The van der Waals surface area contributed by atoms with Crippen LogP contribution in [0.2, 0.25) is 0 Å². The maximum Gasteiger partial charge on any atom is 0.235 e. The van der Waals surface area contributed by atoms with Gasteiger partial charge < -0.3 is 14.1 Å². The number of benzene rings is 2. The number of anilines is 1. The quantitative estimate of drug-likeness (QED) is 0.741. The lowest BCUT2D eigenvalue weighted by Gasteiger charge is -2.14. The summed E-state index contributed by atoms with van der Waals surface area (Å²) in [4.78, 5) is 14.7. The van der Waals surface area contributed by atoms with E-state index in [1.54, 1.807) is 0 Å². The lowest BCUT2D eigenvalue weighted by atomic mass is 10.1. The van der Waals surface area contributed by atoms with Crippen LogP contribution in [-0.2, 0) is 0 Å². The Morgan fingerprint density at radius 2 is 1.77 bits per heavy atom. The molecule has 2 aromatic carbocycles. The van der Waals surface area contributed by atoms with Crippen molar-refractivity contribution in [2.24, 2.45) is 0 Å². The predicted molar refractivity (Wildman–Crippen MR) is 88.8 cm³/mol. The van der Waals surface area contributed by atoms with Gasteiger partial charge in [-0.05, 0) is 18.2 Å². The summed E-state index contributed by atoms with van der Waals surface area (Å²) in [5, 5.41) is 0.516. The molecule has 0 unspecified atom stereocenters. The lowest BCUT2D eigenvalue weighted by Crippen LogP contribution is -2.11. The van der Waals surface area contributed by atoms with Crippen LogP contribution in [0.4, 0.5) is 5.69 Å². The summed E-state index contributed by atoms with van der Waals surface area (Å²) in [5.41, 5.74) is 2.14. The molecule has 22 heavy (non-hydrogen) atoms. The number of methoxy groups -OCH3 is 1. The molecule has 1 aromatic heterocycles. The van der Waals surface area contributed by atoms with Crippen molar-refractivity contribution in [1.29, 1.82) is 0 Å². The van der Waals surface area contributed by atoms with E-state index in [4.69, 9.17) is 9.15 Å². The van der Waals surface area contributed by atoms with Gasteiger partial charge in [0.05, 0.1) is 12.5 Å². The zero-order valence-corrected chi connectivity index (χ0v) is 12.8. The highest BCUT2D eigenvalue weighted by atomic mass is 16.5. The summed E-state index contributed by atoms with van der Waals surface area (Å²) >= 11 is 0. The summed E-state index contributed by atoms with van der Waals surface area (Å²) in [6.07, 6.45) is 0. The Labute approximate surface area is 128 Å². The van der Waals surface area contributed by atoms with Gasteiger partial charge >= 0.3 is 0 Å². The number of hydrogen-bond donors (Lipinski definition) is 0. The largest absolute Gasteiger partial charge is 0.490 e. The van der Waals surface area contributed by atoms with Gasteiger partial charge in [0, 0.05) is 25.3 Å². The highest BCUT2D eigenvalue weighted by molar-refractivity contribution is 5.85. The first-order chi connectivity index (χ1) is 10.6. The van der Waals surface area contributed by atoms with E-state index in [1.807, 2.05) is 67.5 Å². The van der Waals surface area contributed by atoms with Crippen molar-refractivity contribution >= 4 is 16.7 Å². The van der Waals surface area contributed by atoms with Gasteiger partial charge in [-0.15, -0.1) is 0 Å². The monoisotopic (exact) mass is 295 g/mol. The van der Waals surface area contributed by atoms with Gasteiger partial charge in [0.2, 0.25) is 11.2 Å². The highest BCUT2D eigenvalue weighted by Gasteiger charge is 2.17. The molecule has 0 fully saturated rings. The molecule has 3 aromatic rings.